The number of hydrogen-bond donors (Lipinski definition) is 16. The van der Waals surface area contributed by atoms with Gasteiger partial charge in [0.1, 0.15) is 60.1 Å². The fourth-order valence-corrected chi connectivity index (χ4v) is 12.6. The Morgan fingerprint density at radius 3 is 1.81 bits per heavy atom. The Bertz CT molecular complexity index is 3010. The maximum Gasteiger partial charge on any atom is 0.524 e. The molecule has 1 aromatic carbocycles. The molecule has 2 aromatic heterocycles. The number of phosphoric ester groups is 2. The number of benzene rings is 1. The van der Waals surface area contributed by atoms with E-state index in [1.807, 2.05) is 5.09 Å². The van der Waals surface area contributed by atoms with Crippen molar-refractivity contribution in [2.75, 3.05) is 18.9 Å². The summed E-state index contributed by atoms with van der Waals surface area (Å²) < 4.78 is 73.3. The number of ether oxygens (including phenoxy) is 1. The number of rotatable bonds is 40. The van der Waals surface area contributed by atoms with Crippen molar-refractivity contribution < 1.29 is 124 Å². The highest BCUT2D eigenvalue weighted by molar-refractivity contribution is 7.67. The lowest BCUT2D eigenvalue weighted by Crippen LogP contribution is -2.58. The average molecular weight is 1310 g/mol. The predicted octanol–water partition coefficient (Wildman–Crippen LogP) is 0.993. The summed E-state index contributed by atoms with van der Waals surface area (Å²) in [6.07, 6.45) is -2.39. The van der Waals surface area contributed by atoms with Crippen LogP contribution in [-0.4, -0.2) is 167 Å². The van der Waals surface area contributed by atoms with Gasteiger partial charge >= 0.3 is 49.1 Å². The Morgan fingerprint density at radius 2 is 1.26 bits per heavy atom. The number of carboxylic acids is 3. The van der Waals surface area contributed by atoms with Gasteiger partial charge in [-0.3, -0.25) is 47.6 Å². The van der Waals surface area contributed by atoms with Gasteiger partial charge in [-0.1, -0.05) is 70.9 Å². The third kappa shape index (κ3) is 24.7. The largest absolute Gasteiger partial charge is 0.524 e. The van der Waals surface area contributed by atoms with Crippen LogP contribution in [0.1, 0.15) is 116 Å². The molecule has 0 aliphatic carbocycles. The van der Waals surface area contributed by atoms with E-state index in [1.165, 1.54) is 42.1 Å². The molecule has 36 nitrogen and oxygen atoms in total. The first-order valence-corrected chi connectivity index (χ1v) is 32.8. The maximum absolute atomic E-state index is 14.0. The van der Waals surface area contributed by atoms with Crippen molar-refractivity contribution in [2.24, 2.45) is 5.92 Å². The van der Waals surface area contributed by atoms with Crippen molar-refractivity contribution in [1.82, 2.24) is 45.9 Å². The molecule has 4 rings (SSSR count). The molecule has 4 amide bonds. The summed E-state index contributed by atoms with van der Waals surface area (Å²) in [7, 11) is -21.5. The Balaban J connectivity index is 1.23. The smallest absolute Gasteiger partial charge is 0.481 e. The summed E-state index contributed by atoms with van der Waals surface area (Å²) in [5.74, 6) is -8.86. The van der Waals surface area contributed by atoms with E-state index < -0.39 is 160 Å². The molecule has 3 unspecified atom stereocenters. The number of nitrogens with one attached hydrogen (secondary N) is 5. The van der Waals surface area contributed by atoms with E-state index in [1.54, 1.807) is 6.92 Å². The summed E-state index contributed by atoms with van der Waals surface area (Å²) in [4.78, 5) is 150. The molecule has 86 heavy (non-hydrogen) atoms. The number of unbranched alkanes of at least 4 members (excludes halogenated alkanes) is 7. The number of carbonyl (C=O) groups is 7. The number of carbonyl (C=O) groups excluding carboxylic acids is 4. The minimum absolute atomic E-state index is 0.00465. The number of aliphatic hydroxyl groups excluding tert-OH is 2. The molecule has 0 radical (unpaired) electrons. The lowest BCUT2D eigenvalue weighted by molar-refractivity contribution is -0.144. The Morgan fingerprint density at radius 1 is 0.698 bits per heavy atom. The molecule has 1 aliphatic rings. The van der Waals surface area contributed by atoms with E-state index in [0.717, 1.165) is 6.33 Å². The number of aliphatic carboxylic acids is 3. The molecule has 1 aliphatic heterocycles. The zero-order valence-corrected chi connectivity index (χ0v) is 49.9. The molecule has 1 saturated heterocycles. The summed E-state index contributed by atoms with van der Waals surface area (Å²) in [5, 5.41) is 61.2. The van der Waals surface area contributed by atoms with Crippen molar-refractivity contribution in [3.63, 3.8) is 0 Å². The Labute approximate surface area is 490 Å². The minimum atomic E-state index is -5.80. The number of phosphoric acid groups is 3. The molecule has 1 fully saturated rings. The lowest BCUT2D eigenvalue weighted by Gasteiger charge is -2.27. The molecule has 0 bridgehead atoms. The number of nitrogens with two attached hydrogens (primary N) is 1. The summed E-state index contributed by atoms with van der Waals surface area (Å²) >= 11 is 0. The van der Waals surface area contributed by atoms with Gasteiger partial charge in [0.2, 0.25) is 23.6 Å². The van der Waals surface area contributed by atoms with Crippen LogP contribution in [0.25, 0.3) is 11.2 Å². The van der Waals surface area contributed by atoms with Gasteiger partial charge in [0.05, 0.1) is 12.9 Å². The molecule has 3 aromatic rings. The van der Waals surface area contributed by atoms with Gasteiger partial charge in [0, 0.05) is 32.2 Å². The number of nitrogens with zero attached hydrogens (tertiary/aromatic N) is 4. The molecular weight excluding hydrogens is 1230 g/mol. The molecule has 0 saturated carbocycles. The number of carboxylic acid groups (broad SMARTS) is 3. The monoisotopic (exact) mass is 1300 g/mol. The summed E-state index contributed by atoms with van der Waals surface area (Å²) in [5.41, 5.74) is 6.34. The second kappa shape index (κ2) is 33.4. The molecule has 482 valence electrons. The number of aliphatic hydroxyl groups is 2. The van der Waals surface area contributed by atoms with E-state index in [4.69, 9.17) is 10.5 Å². The van der Waals surface area contributed by atoms with E-state index in [-0.39, 0.29) is 48.5 Å². The molecule has 40 heteroatoms. The van der Waals surface area contributed by atoms with Gasteiger partial charge < -0.3 is 76.5 Å². The summed E-state index contributed by atoms with van der Waals surface area (Å²) in [6, 6.07) is -1.28. The van der Waals surface area contributed by atoms with Gasteiger partial charge in [-0.2, -0.15) is 8.62 Å². The third-order valence-electron chi connectivity index (χ3n) is 13.0. The SMILES string of the molecule is CC[C@H](C)[C@H](NC(=O)[C@H](CCC(=O)O)NC(=O)[C@H](CCC(=O)O)NC(=O)[C@H](Cc1ccc(OP(=O)(O)O)cc1)NC(=O)CCCCCCCCCCNP(=O)(O)OP(=O)(O)OP(=O)(O)OC[C@H]1O[C@@H](n2cnc3c(N)ncnc32)[C@H](O)[C@@H]1O)C(=O)O. The van der Waals surface area contributed by atoms with E-state index in [2.05, 4.69) is 53.9 Å². The standard InChI is InChI=1S/C46H72N10O26P4/c1-3-26(2)36(46(67)68)55-43(65)30(18-20-35(60)61)53-42(64)29(17-19-34(58)59)54-44(66)31(22-27-13-15-28(16-14-27)80-84(71,72)73)52-33(57)12-10-8-6-4-5-7-9-11-21-51-83(69,70)81-86(76,77)82-85(74,75)78-23-32-38(62)39(63)45(79-32)56-25-50-37-40(47)48-24-49-41(37)56/h13-16,24-26,29-32,36,38-39,45,62-63H,3-12,17-23H2,1-2H3,(H,52,57)(H,53,64)(H,54,66)(H,55,65)(H,58,59)(H,60,61)(H,67,68)(H,74,75)(H,76,77)(H2,47,48,49)(H2,51,69,70)(H2,71,72,73)/t26-,29-,30-,31-,32+,36-,38+,39+,45+/m0/s1. The van der Waals surface area contributed by atoms with Crippen LogP contribution in [0, 0.1) is 5.92 Å². The van der Waals surface area contributed by atoms with Crippen LogP contribution >= 0.6 is 31.2 Å². The summed E-state index contributed by atoms with van der Waals surface area (Å²) in [6.45, 7) is 1.97. The number of imidazole rings is 1. The first kappa shape index (κ1) is 72.6. The Hall–Kier alpha value is -5.90. The second-order valence-electron chi connectivity index (χ2n) is 19.8. The topological polar surface area (TPSA) is 566 Å². The normalized spacial score (nSPS) is 20.0. The fraction of sp³-hybridized carbons (Fsp3) is 0.609. The van der Waals surface area contributed by atoms with Gasteiger partial charge in [-0.15, -0.1) is 0 Å². The van der Waals surface area contributed by atoms with Crippen LogP contribution in [0.3, 0.4) is 0 Å². The molecule has 3 heterocycles. The fourth-order valence-electron chi connectivity index (χ4n) is 8.44. The highest BCUT2D eigenvalue weighted by Gasteiger charge is 2.47. The van der Waals surface area contributed by atoms with Gasteiger partial charge in [0.15, 0.2) is 17.7 Å². The quantitative estimate of drug-likeness (QED) is 0.0279. The molecule has 0 spiro atoms. The van der Waals surface area contributed by atoms with Crippen LogP contribution in [-0.2, 0) is 76.1 Å². The zero-order chi connectivity index (χ0) is 64.2. The molecular formula is C46H72N10O26P4. The maximum atomic E-state index is 14.0. The number of hydrogen-bond acceptors (Lipinski definition) is 22. The number of anilines is 1. The van der Waals surface area contributed by atoms with Crippen LogP contribution in [0.5, 0.6) is 5.75 Å². The van der Waals surface area contributed by atoms with Crippen LogP contribution < -0.4 is 36.6 Å². The number of fused-ring (bicyclic) bond motifs is 1. The first-order valence-electron chi connectivity index (χ1n) is 26.7. The van der Waals surface area contributed by atoms with Crippen molar-refractivity contribution in [2.45, 2.75) is 159 Å². The number of nitrogen functional groups attached to an aromatic ring is 1. The second-order valence-corrected chi connectivity index (χ2v) is 25.7. The van der Waals surface area contributed by atoms with Crippen molar-refractivity contribution in [1.29, 1.82) is 0 Å². The van der Waals surface area contributed by atoms with Crippen molar-refractivity contribution >= 4 is 89.7 Å². The zero-order valence-electron chi connectivity index (χ0n) is 46.3. The first-order chi connectivity index (χ1) is 40.2. The predicted molar refractivity (Wildman–Crippen MR) is 294 cm³/mol. The van der Waals surface area contributed by atoms with E-state index >= 15 is 0 Å². The van der Waals surface area contributed by atoms with Gasteiger partial charge in [-0.05, 0) is 49.3 Å². The molecule has 17 N–H and O–H groups in total. The van der Waals surface area contributed by atoms with Crippen molar-refractivity contribution in [3.8, 4) is 5.75 Å². The highest BCUT2D eigenvalue weighted by atomic mass is 31.3. The van der Waals surface area contributed by atoms with Crippen molar-refractivity contribution in [3.05, 3.63) is 42.5 Å². The van der Waals surface area contributed by atoms with Crippen LogP contribution in [0.2, 0.25) is 0 Å². The van der Waals surface area contributed by atoms with E-state index in [0.29, 0.717) is 56.9 Å². The van der Waals surface area contributed by atoms with Gasteiger partial charge in [0.25, 0.3) is 0 Å². The van der Waals surface area contributed by atoms with Gasteiger partial charge in [-0.25, -0.2) is 43.1 Å². The van der Waals surface area contributed by atoms with E-state index in [9.17, 15) is 102 Å². The minimum Gasteiger partial charge on any atom is -0.481 e. The number of aromatic nitrogens is 4. The van der Waals surface area contributed by atoms with Crippen LogP contribution in [0.15, 0.2) is 36.9 Å². The Kier molecular flexibility index (Phi) is 28.2. The third-order valence-corrected chi connectivity index (χ3v) is 17.9. The molecule has 12 atom stereocenters. The average Bonchev–Trinajstić information content (AvgIpc) is 1.79. The lowest BCUT2D eigenvalue weighted by atomic mass is 9.98. The highest BCUT2D eigenvalue weighted by Crippen LogP contribution is 2.66. The number of amides is 4. The van der Waals surface area contributed by atoms with Crippen LogP contribution in [0.4, 0.5) is 5.82 Å².